The van der Waals surface area contributed by atoms with Crippen LogP contribution in [-0.4, -0.2) is 16.6 Å². The van der Waals surface area contributed by atoms with E-state index in [4.69, 9.17) is 11.6 Å². The summed E-state index contributed by atoms with van der Waals surface area (Å²) in [6.45, 7) is 2.40. The molecule has 1 rings (SSSR count). The Balaban J connectivity index is 3.54. The highest BCUT2D eigenvalue weighted by Crippen LogP contribution is 2.35. The maximum absolute atomic E-state index is 11.3. The first-order valence-electron chi connectivity index (χ1n) is 4.60. The van der Waals surface area contributed by atoms with Gasteiger partial charge < -0.3 is 5.32 Å². The van der Waals surface area contributed by atoms with Crippen LogP contribution in [0, 0.1) is 10.1 Å². The lowest BCUT2D eigenvalue weighted by molar-refractivity contribution is -0.384. The van der Waals surface area contributed by atoms with E-state index < -0.39 is 22.3 Å². The van der Waals surface area contributed by atoms with Gasteiger partial charge in [-0.2, -0.15) is 0 Å². The Labute approximate surface area is 102 Å². The van der Waals surface area contributed by atoms with Gasteiger partial charge in [-0.3, -0.25) is 19.7 Å². The Kier molecular flexibility index (Phi) is 3.80. The molecule has 0 aliphatic rings. The van der Waals surface area contributed by atoms with E-state index in [9.17, 15) is 19.7 Å². The van der Waals surface area contributed by atoms with E-state index in [-0.39, 0.29) is 16.3 Å². The van der Waals surface area contributed by atoms with E-state index in [0.717, 1.165) is 0 Å². The smallest absolute Gasteiger partial charge is 0.305 e. The van der Waals surface area contributed by atoms with Crippen molar-refractivity contribution in [2.45, 2.75) is 13.8 Å². The Morgan fingerprint density at radius 3 is 2.35 bits per heavy atom. The standard InChI is InChI=1S/C10H9ClN2O4/c1-5(14)7-3-4-8(11)9(12-6(2)15)10(7)13(16)17/h3-4H,1-2H3,(H,12,15). The van der Waals surface area contributed by atoms with Crippen molar-refractivity contribution in [2.75, 3.05) is 5.32 Å². The summed E-state index contributed by atoms with van der Waals surface area (Å²) < 4.78 is 0. The molecule has 0 aromatic heterocycles. The van der Waals surface area contributed by atoms with Gasteiger partial charge in [0.15, 0.2) is 5.78 Å². The highest BCUT2D eigenvalue weighted by Gasteiger charge is 2.25. The second-order valence-electron chi connectivity index (χ2n) is 3.31. The molecule has 0 heterocycles. The molecule has 0 bridgehead atoms. The number of nitrogens with one attached hydrogen (secondary N) is 1. The predicted molar refractivity (Wildman–Crippen MR) is 62.4 cm³/mol. The highest BCUT2D eigenvalue weighted by molar-refractivity contribution is 6.34. The minimum atomic E-state index is -0.742. The SMILES string of the molecule is CC(=O)Nc1c(Cl)ccc(C(C)=O)c1[N+](=O)[O-]. The molecule has 0 aliphatic heterocycles. The van der Waals surface area contributed by atoms with Crippen LogP contribution in [0.25, 0.3) is 0 Å². The van der Waals surface area contributed by atoms with E-state index in [1.54, 1.807) is 0 Å². The summed E-state index contributed by atoms with van der Waals surface area (Å²) in [4.78, 5) is 32.4. The van der Waals surface area contributed by atoms with Crippen LogP contribution in [-0.2, 0) is 4.79 Å². The maximum atomic E-state index is 11.3. The van der Waals surface area contributed by atoms with Gasteiger partial charge in [0.1, 0.15) is 5.69 Å². The van der Waals surface area contributed by atoms with Gasteiger partial charge >= 0.3 is 5.69 Å². The van der Waals surface area contributed by atoms with Crippen LogP contribution < -0.4 is 5.32 Å². The molecule has 1 N–H and O–H groups in total. The number of Topliss-reactive ketones (excluding diaryl/α,β-unsaturated/α-hetero) is 1. The lowest BCUT2D eigenvalue weighted by Gasteiger charge is -2.08. The molecule has 0 aliphatic carbocycles. The number of carbonyl (C=O) groups is 2. The third-order valence-electron chi connectivity index (χ3n) is 1.99. The number of hydrogen-bond donors (Lipinski definition) is 1. The average Bonchev–Trinajstić information content (AvgIpc) is 2.19. The van der Waals surface area contributed by atoms with E-state index in [0.29, 0.717) is 0 Å². The van der Waals surface area contributed by atoms with Crippen LogP contribution in [0.1, 0.15) is 24.2 Å². The summed E-state index contributed by atoms with van der Waals surface area (Å²) in [6, 6.07) is 2.59. The predicted octanol–water partition coefficient (Wildman–Crippen LogP) is 2.41. The van der Waals surface area contributed by atoms with Crippen LogP contribution in [0.5, 0.6) is 0 Å². The third kappa shape index (κ3) is 2.79. The molecule has 7 heteroatoms. The molecule has 17 heavy (non-hydrogen) atoms. The van der Waals surface area contributed by atoms with E-state index >= 15 is 0 Å². The first-order chi connectivity index (χ1) is 7.84. The number of rotatable bonds is 3. The van der Waals surface area contributed by atoms with Gasteiger partial charge in [0.05, 0.1) is 15.5 Å². The molecule has 0 radical (unpaired) electrons. The zero-order chi connectivity index (χ0) is 13.2. The number of nitrogens with zero attached hydrogens (tertiary/aromatic N) is 1. The van der Waals surface area contributed by atoms with Crippen molar-refractivity contribution in [3.05, 3.63) is 32.8 Å². The normalized spacial score (nSPS) is 9.82. The van der Waals surface area contributed by atoms with Crippen LogP contribution >= 0.6 is 11.6 Å². The zero-order valence-electron chi connectivity index (χ0n) is 9.11. The van der Waals surface area contributed by atoms with Crippen molar-refractivity contribution >= 4 is 34.7 Å². The zero-order valence-corrected chi connectivity index (χ0v) is 9.87. The number of nitro benzene ring substituents is 1. The van der Waals surface area contributed by atoms with Gasteiger partial charge in [-0.05, 0) is 19.1 Å². The fourth-order valence-electron chi connectivity index (χ4n) is 1.34. The number of halogens is 1. The molecule has 0 fully saturated rings. The van der Waals surface area contributed by atoms with Gasteiger partial charge in [-0.1, -0.05) is 11.6 Å². The summed E-state index contributed by atoms with van der Waals surface area (Å²) in [7, 11) is 0. The maximum Gasteiger partial charge on any atom is 0.305 e. The number of nitro groups is 1. The highest BCUT2D eigenvalue weighted by atomic mass is 35.5. The molecule has 1 aromatic carbocycles. The summed E-state index contributed by atoms with van der Waals surface area (Å²) in [5.74, 6) is -0.976. The van der Waals surface area contributed by atoms with Crippen LogP contribution in [0.2, 0.25) is 5.02 Å². The molecule has 90 valence electrons. The van der Waals surface area contributed by atoms with Crippen molar-refractivity contribution in [1.82, 2.24) is 0 Å². The molecule has 1 amide bonds. The van der Waals surface area contributed by atoms with Crippen molar-refractivity contribution < 1.29 is 14.5 Å². The quantitative estimate of drug-likeness (QED) is 0.511. The topological polar surface area (TPSA) is 89.3 Å². The third-order valence-corrected chi connectivity index (χ3v) is 2.30. The summed E-state index contributed by atoms with van der Waals surface area (Å²) in [5.41, 5.74) is -0.736. The van der Waals surface area contributed by atoms with Crippen molar-refractivity contribution in [3.8, 4) is 0 Å². The fraction of sp³-hybridized carbons (Fsp3) is 0.200. The Bertz CT molecular complexity index is 513. The number of benzene rings is 1. The van der Waals surface area contributed by atoms with Gasteiger partial charge in [-0.15, -0.1) is 0 Å². The second kappa shape index (κ2) is 4.92. The first kappa shape index (κ1) is 13.1. The Morgan fingerprint density at radius 1 is 1.35 bits per heavy atom. The van der Waals surface area contributed by atoms with Gasteiger partial charge in [0.2, 0.25) is 5.91 Å². The second-order valence-corrected chi connectivity index (χ2v) is 3.72. The molecular weight excluding hydrogens is 248 g/mol. The van der Waals surface area contributed by atoms with Gasteiger partial charge in [0.25, 0.3) is 0 Å². The molecule has 0 spiro atoms. The average molecular weight is 257 g/mol. The Morgan fingerprint density at radius 2 is 1.94 bits per heavy atom. The van der Waals surface area contributed by atoms with Crippen molar-refractivity contribution in [3.63, 3.8) is 0 Å². The number of amides is 1. The van der Waals surface area contributed by atoms with Gasteiger partial charge in [-0.25, -0.2) is 0 Å². The van der Waals surface area contributed by atoms with Gasteiger partial charge in [0, 0.05) is 6.92 Å². The van der Waals surface area contributed by atoms with Crippen molar-refractivity contribution in [1.29, 1.82) is 0 Å². The number of carbonyl (C=O) groups excluding carboxylic acids is 2. The Hall–Kier alpha value is -1.95. The minimum Gasteiger partial charge on any atom is -0.319 e. The molecule has 0 unspecified atom stereocenters. The monoisotopic (exact) mass is 256 g/mol. The van der Waals surface area contributed by atoms with E-state index in [1.165, 1.54) is 26.0 Å². The largest absolute Gasteiger partial charge is 0.319 e. The molecular formula is C10H9ClN2O4. The molecule has 0 saturated carbocycles. The fourth-order valence-corrected chi connectivity index (χ4v) is 1.53. The summed E-state index contributed by atoms with van der Waals surface area (Å²) in [6.07, 6.45) is 0. The molecule has 1 aromatic rings. The van der Waals surface area contributed by atoms with Crippen LogP contribution in [0.15, 0.2) is 12.1 Å². The number of ketones is 1. The molecule has 0 atom stereocenters. The lowest BCUT2D eigenvalue weighted by Crippen LogP contribution is -2.11. The van der Waals surface area contributed by atoms with Crippen molar-refractivity contribution in [2.24, 2.45) is 0 Å². The number of anilines is 1. The lowest BCUT2D eigenvalue weighted by atomic mass is 10.1. The summed E-state index contributed by atoms with van der Waals surface area (Å²) >= 11 is 5.76. The van der Waals surface area contributed by atoms with Crippen LogP contribution in [0.4, 0.5) is 11.4 Å². The van der Waals surface area contributed by atoms with E-state index in [2.05, 4.69) is 5.32 Å². The molecule has 0 saturated heterocycles. The first-order valence-corrected chi connectivity index (χ1v) is 4.97. The van der Waals surface area contributed by atoms with E-state index in [1.807, 2.05) is 0 Å². The molecule has 6 nitrogen and oxygen atoms in total. The number of hydrogen-bond acceptors (Lipinski definition) is 4. The minimum absolute atomic E-state index is 0.0110. The van der Waals surface area contributed by atoms with Crippen LogP contribution in [0.3, 0.4) is 0 Å². The summed E-state index contributed by atoms with van der Waals surface area (Å²) in [5, 5.41) is 13.2.